The number of aryl methyl sites for hydroxylation is 1. The number of fused-ring (bicyclic) bond motifs is 1. The molecule has 37 heavy (non-hydrogen) atoms. The Morgan fingerprint density at radius 2 is 2.05 bits per heavy atom. The maximum atomic E-state index is 12.5. The number of hydrogen-bond donors (Lipinski definition) is 2. The number of aromatic nitrogens is 4. The highest BCUT2D eigenvalue weighted by atomic mass is 35.5. The molecule has 4 heterocycles. The summed E-state index contributed by atoms with van der Waals surface area (Å²) in [6.07, 6.45) is 4.48. The molecule has 9 nitrogen and oxygen atoms in total. The number of hydrogen-bond acceptors (Lipinski definition) is 7. The number of rotatable bonds is 6. The summed E-state index contributed by atoms with van der Waals surface area (Å²) in [5.74, 6) is -0.000981. The average molecular weight is 569 g/mol. The zero-order valence-corrected chi connectivity index (χ0v) is 23.2. The van der Waals surface area contributed by atoms with Crippen LogP contribution in [0.4, 0.5) is 5.82 Å². The lowest BCUT2D eigenvalue weighted by Gasteiger charge is -2.43. The molecule has 3 aromatic rings. The standard InChI is InChI=1S/C25H31Cl2N7O2.ClH/c1-14-23-25(34(31-14)15(2)18-6-5-16(26)10-20(18)27)30-22(11-29-23)32-9-7-21(19(12-32)24(28)36)33-8-3-4-17(33)13-35;/h5-6,10-11,15,17,19,21,35H,3-4,7-9,12-13H2,1-2H3,(H2,28,36);1H/t15-,17?,19-,21+;/m1./s1. The fourth-order valence-corrected chi connectivity index (χ4v) is 6.32. The van der Waals surface area contributed by atoms with E-state index in [4.69, 9.17) is 39.0 Å². The Hall–Kier alpha value is -2.17. The molecule has 0 bridgehead atoms. The molecule has 3 N–H and O–H groups in total. The number of piperidine rings is 1. The highest BCUT2D eigenvalue weighted by Gasteiger charge is 2.41. The summed E-state index contributed by atoms with van der Waals surface area (Å²) in [5, 5.41) is 15.7. The molecule has 0 spiro atoms. The Morgan fingerprint density at radius 3 is 2.76 bits per heavy atom. The number of benzene rings is 1. The minimum atomic E-state index is -0.359. The number of aliphatic hydroxyl groups excluding tert-OH is 1. The van der Waals surface area contributed by atoms with E-state index >= 15 is 0 Å². The van der Waals surface area contributed by atoms with Crippen molar-refractivity contribution in [2.45, 2.75) is 51.2 Å². The number of carbonyl (C=O) groups is 1. The predicted molar refractivity (Wildman–Crippen MR) is 148 cm³/mol. The molecule has 0 radical (unpaired) electrons. The van der Waals surface area contributed by atoms with Crippen LogP contribution in [0.15, 0.2) is 24.4 Å². The predicted octanol–water partition coefficient (Wildman–Crippen LogP) is 3.61. The largest absolute Gasteiger partial charge is 0.395 e. The van der Waals surface area contributed by atoms with E-state index in [-0.39, 0.29) is 49.0 Å². The maximum absolute atomic E-state index is 12.5. The summed E-state index contributed by atoms with van der Waals surface area (Å²) in [7, 11) is 0. The van der Waals surface area contributed by atoms with E-state index in [1.807, 2.05) is 30.7 Å². The van der Waals surface area contributed by atoms with Crippen molar-refractivity contribution in [2.24, 2.45) is 11.7 Å². The monoisotopic (exact) mass is 567 g/mol. The number of amides is 1. The number of nitrogens with zero attached hydrogens (tertiary/aromatic N) is 6. The first-order valence-corrected chi connectivity index (χ1v) is 13.1. The van der Waals surface area contributed by atoms with E-state index < -0.39 is 0 Å². The van der Waals surface area contributed by atoms with Crippen LogP contribution >= 0.6 is 35.6 Å². The molecule has 4 atom stereocenters. The van der Waals surface area contributed by atoms with Crippen LogP contribution in [0.5, 0.6) is 0 Å². The summed E-state index contributed by atoms with van der Waals surface area (Å²) in [6.45, 7) is 6.08. The van der Waals surface area contributed by atoms with Gasteiger partial charge in [0.25, 0.3) is 0 Å². The molecule has 1 amide bonds. The van der Waals surface area contributed by atoms with Gasteiger partial charge in [0.15, 0.2) is 5.65 Å². The third kappa shape index (κ3) is 5.25. The van der Waals surface area contributed by atoms with E-state index in [2.05, 4.69) is 14.8 Å². The van der Waals surface area contributed by atoms with Crippen LogP contribution in [-0.2, 0) is 4.79 Å². The SMILES string of the molecule is Cc1nn([C@H](C)c2ccc(Cl)cc2Cl)c2nc(N3CC[C@H](N4CCCC4CO)[C@H](C(N)=O)C3)cnc12.Cl. The highest BCUT2D eigenvalue weighted by Crippen LogP contribution is 2.33. The molecule has 2 aromatic heterocycles. The topological polar surface area (TPSA) is 113 Å². The molecular formula is C25H32Cl3N7O2. The third-order valence-electron chi connectivity index (χ3n) is 7.66. The van der Waals surface area contributed by atoms with Crippen LogP contribution in [0, 0.1) is 12.8 Å². The van der Waals surface area contributed by atoms with Crippen LogP contribution in [0.2, 0.25) is 10.0 Å². The van der Waals surface area contributed by atoms with Gasteiger partial charge in [-0.25, -0.2) is 14.6 Å². The van der Waals surface area contributed by atoms with E-state index in [1.165, 1.54) is 0 Å². The molecule has 2 fully saturated rings. The minimum absolute atomic E-state index is 0. The molecule has 2 saturated heterocycles. The van der Waals surface area contributed by atoms with Crippen molar-refractivity contribution in [3.8, 4) is 0 Å². The number of anilines is 1. The smallest absolute Gasteiger partial charge is 0.223 e. The van der Waals surface area contributed by atoms with E-state index in [1.54, 1.807) is 12.3 Å². The molecule has 5 rings (SSSR count). The molecule has 0 aliphatic carbocycles. The second kappa shape index (κ2) is 11.3. The molecule has 12 heteroatoms. The van der Waals surface area contributed by atoms with Gasteiger partial charge in [0, 0.05) is 35.2 Å². The summed E-state index contributed by atoms with van der Waals surface area (Å²) in [6, 6.07) is 5.36. The van der Waals surface area contributed by atoms with Crippen molar-refractivity contribution >= 4 is 58.5 Å². The number of halogens is 3. The lowest BCUT2D eigenvalue weighted by molar-refractivity contribution is -0.124. The van der Waals surface area contributed by atoms with E-state index in [9.17, 15) is 9.90 Å². The van der Waals surface area contributed by atoms with Gasteiger partial charge in [-0.1, -0.05) is 29.3 Å². The van der Waals surface area contributed by atoms with Crippen molar-refractivity contribution < 1.29 is 9.90 Å². The maximum Gasteiger partial charge on any atom is 0.223 e. The van der Waals surface area contributed by atoms with Gasteiger partial charge >= 0.3 is 0 Å². The van der Waals surface area contributed by atoms with Crippen molar-refractivity contribution in [1.82, 2.24) is 24.6 Å². The van der Waals surface area contributed by atoms with Crippen molar-refractivity contribution in [3.63, 3.8) is 0 Å². The fourth-order valence-electron chi connectivity index (χ4n) is 5.75. The summed E-state index contributed by atoms with van der Waals surface area (Å²) >= 11 is 12.6. The fraction of sp³-hybridized carbons (Fsp3) is 0.520. The molecule has 2 aliphatic heterocycles. The molecule has 1 unspecified atom stereocenters. The molecular weight excluding hydrogens is 537 g/mol. The molecule has 0 saturated carbocycles. The number of carbonyl (C=O) groups excluding carboxylic acids is 1. The van der Waals surface area contributed by atoms with E-state index in [0.29, 0.717) is 28.1 Å². The second-order valence-electron chi connectivity index (χ2n) is 9.80. The molecule has 200 valence electrons. The van der Waals surface area contributed by atoms with Crippen molar-refractivity contribution in [3.05, 3.63) is 45.7 Å². The van der Waals surface area contributed by atoms with Gasteiger partial charge in [-0.2, -0.15) is 5.10 Å². The van der Waals surface area contributed by atoms with Gasteiger partial charge in [-0.3, -0.25) is 9.69 Å². The van der Waals surface area contributed by atoms with Crippen molar-refractivity contribution in [2.75, 3.05) is 31.1 Å². The van der Waals surface area contributed by atoms with Crippen molar-refractivity contribution in [1.29, 1.82) is 0 Å². The Balaban J connectivity index is 0.00000320. The lowest BCUT2D eigenvalue weighted by atomic mass is 9.89. The summed E-state index contributed by atoms with van der Waals surface area (Å²) < 4.78 is 1.84. The Kier molecular flexibility index (Phi) is 8.50. The van der Waals surface area contributed by atoms with Gasteiger partial charge in [0.05, 0.1) is 30.5 Å². The zero-order chi connectivity index (χ0) is 25.6. The van der Waals surface area contributed by atoms with Crippen LogP contribution in [0.3, 0.4) is 0 Å². The summed E-state index contributed by atoms with van der Waals surface area (Å²) in [5.41, 5.74) is 8.91. The summed E-state index contributed by atoms with van der Waals surface area (Å²) in [4.78, 5) is 26.5. The van der Waals surface area contributed by atoms with Gasteiger partial charge in [0.1, 0.15) is 11.3 Å². The number of likely N-dealkylation sites (tertiary alicyclic amines) is 1. The quantitative estimate of drug-likeness (QED) is 0.467. The first-order chi connectivity index (χ1) is 17.3. The number of aliphatic hydroxyl groups is 1. The molecule has 2 aliphatic rings. The first kappa shape index (κ1) is 27.9. The van der Waals surface area contributed by atoms with Gasteiger partial charge in [0.2, 0.25) is 5.91 Å². The van der Waals surface area contributed by atoms with Crippen LogP contribution in [-0.4, -0.2) is 74.0 Å². The highest BCUT2D eigenvalue weighted by molar-refractivity contribution is 6.35. The Labute approximate surface area is 232 Å². The second-order valence-corrected chi connectivity index (χ2v) is 10.6. The van der Waals surface area contributed by atoms with Crippen LogP contribution < -0.4 is 10.6 Å². The van der Waals surface area contributed by atoms with Crippen LogP contribution in [0.25, 0.3) is 11.2 Å². The molecule has 1 aromatic carbocycles. The minimum Gasteiger partial charge on any atom is -0.395 e. The van der Waals surface area contributed by atoms with Gasteiger partial charge in [-0.15, -0.1) is 12.4 Å². The van der Waals surface area contributed by atoms with Gasteiger partial charge < -0.3 is 15.7 Å². The Morgan fingerprint density at radius 1 is 1.27 bits per heavy atom. The lowest BCUT2D eigenvalue weighted by Crippen LogP contribution is -2.57. The zero-order valence-electron chi connectivity index (χ0n) is 20.8. The number of primary amides is 1. The average Bonchev–Trinajstić information content (AvgIpc) is 3.47. The first-order valence-electron chi connectivity index (χ1n) is 12.4. The van der Waals surface area contributed by atoms with Crippen LogP contribution in [0.1, 0.15) is 43.5 Å². The number of nitrogens with two attached hydrogens (primary N) is 1. The van der Waals surface area contributed by atoms with E-state index in [0.717, 1.165) is 49.1 Å². The normalized spacial score (nSPS) is 23.3. The van der Waals surface area contributed by atoms with Gasteiger partial charge in [-0.05, 0) is 57.4 Å². The Bertz CT molecular complexity index is 1290. The third-order valence-corrected chi connectivity index (χ3v) is 8.23.